The first kappa shape index (κ1) is 27.7. The Bertz CT molecular complexity index is 739. The average molecular weight is 459 g/mol. The summed E-state index contributed by atoms with van der Waals surface area (Å²) >= 11 is 0. The number of Topliss-reactive ketones (excluding diaryl/α,β-unsaturated/α-hetero) is 2. The first-order valence-corrected chi connectivity index (χ1v) is 13.2. The zero-order valence-electron chi connectivity index (χ0n) is 22.8. The first-order chi connectivity index (χ1) is 15.2. The Morgan fingerprint density at radius 3 is 2.15 bits per heavy atom. The molecule has 2 rings (SSSR count). The molecule has 2 aliphatic rings. The molecule has 0 N–H and O–H groups in total. The van der Waals surface area contributed by atoms with Gasteiger partial charge in [0.25, 0.3) is 0 Å². The number of allylic oxidation sites excluding steroid dienone is 2. The molecule has 0 aromatic carbocycles. The van der Waals surface area contributed by atoms with Gasteiger partial charge in [0, 0.05) is 56.2 Å². The van der Waals surface area contributed by atoms with Crippen LogP contribution in [0.3, 0.4) is 0 Å². The fraction of sp³-hybridized carbons (Fsp3) is 0.793. The van der Waals surface area contributed by atoms with E-state index in [1.807, 2.05) is 0 Å². The Balaban J connectivity index is 1.64. The van der Waals surface area contributed by atoms with Crippen molar-refractivity contribution >= 4 is 11.6 Å². The summed E-state index contributed by atoms with van der Waals surface area (Å²) in [5.74, 6) is 0.813. The fourth-order valence-electron chi connectivity index (χ4n) is 5.01. The van der Waals surface area contributed by atoms with Crippen LogP contribution in [0.2, 0.25) is 0 Å². The maximum Gasteiger partial charge on any atom is 0.160 e. The molecule has 0 aromatic heterocycles. The van der Waals surface area contributed by atoms with Crippen LogP contribution in [-0.2, 0) is 9.59 Å². The zero-order chi connectivity index (χ0) is 24.9. The van der Waals surface area contributed by atoms with Gasteiger partial charge in [-0.15, -0.1) is 0 Å². The van der Waals surface area contributed by atoms with Crippen LogP contribution >= 0.6 is 0 Å². The molecule has 0 fully saturated rings. The lowest BCUT2D eigenvalue weighted by Gasteiger charge is -2.45. The molecule has 0 saturated carbocycles. The van der Waals surface area contributed by atoms with E-state index in [2.05, 4.69) is 83.8 Å². The summed E-state index contributed by atoms with van der Waals surface area (Å²) < 4.78 is 0. The average Bonchev–Trinajstić information content (AvgIpc) is 2.70. The van der Waals surface area contributed by atoms with Crippen molar-refractivity contribution in [3.63, 3.8) is 0 Å². The molecule has 1 atom stereocenters. The Morgan fingerprint density at radius 2 is 1.55 bits per heavy atom. The number of carbonyl (C=O) groups is 2. The number of rotatable bonds is 11. The lowest BCUT2D eigenvalue weighted by molar-refractivity contribution is -0.127. The summed E-state index contributed by atoms with van der Waals surface area (Å²) in [7, 11) is 2.06. The van der Waals surface area contributed by atoms with Crippen molar-refractivity contribution < 1.29 is 9.59 Å². The quantitative estimate of drug-likeness (QED) is 0.321. The van der Waals surface area contributed by atoms with Gasteiger partial charge >= 0.3 is 0 Å². The van der Waals surface area contributed by atoms with Gasteiger partial charge in [-0.1, -0.05) is 59.5 Å². The van der Waals surface area contributed by atoms with Gasteiger partial charge in [0.05, 0.1) is 0 Å². The summed E-state index contributed by atoms with van der Waals surface area (Å²) in [5.41, 5.74) is 0.984. The molecule has 4 heteroatoms. The van der Waals surface area contributed by atoms with Gasteiger partial charge in [-0.05, 0) is 57.1 Å². The Labute approximate surface area is 203 Å². The summed E-state index contributed by atoms with van der Waals surface area (Å²) in [6.07, 6.45) is 15.3. The molecule has 0 spiro atoms. The summed E-state index contributed by atoms with van der Waals surface area (Å²) in [5, 5.41) is 0. The number of hydrogen-bond acceptors (Lipinski definition) is 4. The van der Waals surface area contributed by atoms with Crippen LogP contribution < -0.4 is 0 Å². The number of carbonyl (C=O) groups excluding carboxylic acids is 2. The second-order valence-electron chi connectivity index (χ2n) is 12.7. The van der Waals surface area contributed by atoms with Crippen LogP contribution in [0.25, 0.3) is 0 Å². The van der Waals surface area contributed by atoms with Gasteiger partial charge in [0.2, 0.25) is 0 Å². The van der Waals surface area contributed by atoms with Gasteiger partial charge in [0.1, 0.15) is 5.78 Å². The van der Waals surface area contributed by atoms with Gasteiger partial charge < -0.3 is 9.80 Å². The van der Waals surface area contributed by atoms with Gasteiger partial charge in [0.15, 0.2) is 5.78 Å². The van der Waals surface area contributed by atoms with E-state index in [4.69, 9.17) is 0 Å². The van der Waals surface area contributed by atoms with E-state index in [9.17, 15) is 9.59 Å². The zero-order valence-corrected chi connectivity index (χ0v) is 22.8. The maximum absolute atomic E-state index is 13.0. The van der Waals surface area contributed by atoms with Gasteiger partial charge in [-0.3, -0.25) is 9.59 Å². The number of ketones is 2. The third-order valence-corrected chi connectivity index (χ3v) is 7.76. The van der Waals surface area contributed by atoms with Crippen LogP contribution in [0.15, 0.2) is 24.0 Å². The molecule has 0 amide bonds. The largest absolute Gasteiger partial charge is 0.380 e. The lowest BCUT2D eigenvalue weighted by Crippen LogP contribution is -2.48. The smallest absolute Gasteiger partial charge is 0.160 e. The molecule has 33 heavy (non-hydrogen) atoms. The van der Waals surface area contributed by atoms with Crippen molar-refractivity contribution in [3.05, 3.63) is 24.0 Å². The highest BCUT2D eigenvalue weighted by atomic mass is 16.1. The monoisotopic (exact) mass is 458 g/mol. The van der Waals surface area contributed by atoms with Crippen LogP contribution in [0, 0.1) is 16.7 Å². The molecule has 0 radical (unpaired) electrons. The molecule has 2 heterocycles. The van der Waals surface area contributed by atoms with E-state index >= 15 is 0 Å². The van der Waals surface area contributed by atoms with E-state index in [0.717, 1.165) is 63.6 Å². The predicted molar refractivity (Wildman–Crippen MR) is 139 cm³/mol. The first-order valence-electron chi connectivity index (χ1n) is 13.2. The van der Waals surface area contributed by atoms with Crippen molar-refractivity contribution in [1.29, 1.82) is 0 Å². The van der Waals surface area contributed by atoms with Crippen molar-refractivity contribution in [2.75, 3.05) is 20.1 Å². The minimum Gasteiger partial charge on any atom is -0.380 e. The normalized spacial score (nSPS) is 22.3. The molecule has 0 aromatic rings. The molecule has 0 saturated heterocycles. The highest BCUT2D eigenvalue weighted by molar-refractivity contribution is 5.96. The van der Waals surface area contributed by atoms with Crippen molar-refractivity contribution in [2.45, 2.75) is 112 Å². The summed E-state index contributed by atoms with van der Waals surface area (Å²) in [6, 6.07) is 0. The number of unbranched alkanes of at least 4 members (excludes halogenated alkanes) is 5. The summed E-state index contributed by atoms with van der Waals surface area (Å²) in [4.78, 5) is 30.2. The SMILES string of the molecule is CN1C=C(C(=O)CCCCCCCCC(=O)C2CN(C(C)(C)C)C=CC2(C)C)C(C)(C)CC1. The molecule has 1 unspecified atom stereocenters. The highest BCUT2D eigenvalue weighted by Crippen LogP contribution is 2.37. The minimum atomic E-state index is -0.0669. The lowest BCUT2D eigenvalue weighted by atomic mass is 9.73. The molecule has 0 bridgehead atoms. The molecular formula is C29H50N2O2. The van der Waals surface area contributed by atoms with Gasteiger partial charge in [-0.25, -0.2) is 0 Å². The van der Waals surface area contributed by atoms with E-state index in [0.29, 0.717) is 24.4 Å². The maximum atomic E-state index is 13.0. The number of hydrogen-bond donors (Lipinski definition) is 0. The second kappa shape index (κ2) is 11.2. The van der Waals surface area contributed by atoms with Crippen molar-refractivity contribution in [2.24, 2.45) is 16.7 Å². The molecule has 188 valence electrons. The Hall–Kier alpha value is -1.58. The van der Waals surface area contributed by atoms with Gasteiger partial charge in [-0.2, -0.15) is 0 Å². The molecule has 0 aliphatic carbocycles. The minimum absolute atomic E-state index is 0.00271. The Kier molecular flexibility index (Phi) is 9.41. The third-order valence-electron chi connectivity index (χ3n) is 7.76. The molecule has 4 nitrogen and oxygen atoms in total. The summed E-state index contributed by atoms with van der Waals surface area (Å²) in [6.45, 7) is 17.2. The van der Waals surface area contributed by atoms with Crippen molar-refractivity contribution in [3.8, 4) is 0 Å². The van der Waals surface area contributed by atoms with Crippen LogP contribution in [0.4, 0.5) is 0 Å². The molecule has 2 aliphatic heterocycles. The van der Waals surface area contributed by atoms with Crippen molar-refractivity contribution in [1.82, 2.24) is 9.80 Å². The van der Waals surface area contributed by atoms with E-state index in [1.54, 1.807) is 0 Å². The Morgan fingerprint density at radius 1 is 0.970 bits per heavy atom. The fourth-order valence-corrected chi connectivity index (χ4v) is 5.01. The third kappa shape index (κ3) is 8.00. The molecular weight excluding hydrogens is 408 g/mol. The van der Waals surface area contributed by atoms with Crippen LogP contribution in [0.5, 0.6) is 0 Å². The van der Waals surface area contributed by atoms with Crippen LogP contribution in [0.1, 0.15) is 106 Å². The van der Waals surface area contributed by atoms with E-state index in [-0.39, 0.29) is 22.3 Å². The highest BCUT2D eigenvalue weighted by Gasteiger charge is 2.38. The topological polar surface area (TPSA) is 40.6 Å². The standard InChI is InChI=1S/C29H50N2O2/c1-27(2,3)31-20-18-29(6,7)24(22-31)26(33)16-14-12-10-9-11-13-15-25(32)23-21-30(8)19-17-28(23,4)5/h18,20-21,24H,9-17,19,22H2,1-8H3. The van der Waals surface area contributed by atoms with E-state index in [1.165, 1.54) is 0 Å². The van der Waals surface area contributed by atoms with E-state index < -0.39 is 0 Å². The van der Waals surface area contributed by atoms with Crippen LogP contribution in [-0.4, -0.2) is 47.0 Å². The number of nitrogens with zero attached hydrogens (tertiary/aromatic N) is 2. The predicted octanol–water partition coefficient (Wildman–Crippen LogP) is 6.76. The second-order valence-corrected chi connectivity index (χ2v) is 12.7.